The van der Waals surface area contributed by atoms with E-state index in [4.69, 9.17) is 9.47 Å². The third-order valence-electron chi connectivity index (χ3n) is 4.10. The standard InChI is InChI=1S/C22H26BrNO4/c1-3-5-6-7-14-28-20-13-10-17(15-19(20)23)21(25)24-18-11-8-16(9-12-18)22(26)27-4-2/h8-13,15H,3-7,14H2,1-2H3,(H,24,25). The third kappa shape index (κ3) is 6.68. The number of amides is 1. The summed E-state index contributed by atoms with van der Waals surface area (Å²) in [7, 11) is 0. The normalized spacial score (nSPS) is 10.4. The van der Waals surface area contributed by atoms with Crippen LogP contribution in [0.4, 0.5) is 5.69 Å². The molecule has 2 aromatic carbocycles. The summed E-state index contributed by atoms with van der Waals surface area (Å²) in [5.41, 5.74) is 1.56. The zero-order chi connectivity index (χ0) is 20.4. The van der Waals surface area contributed by atoms with E-state index in [0.29, 0.717) is 30.0 Å². The summed E-state index contributed by atoms with van der Waals surface area (Å²) in [5.74, 6) is 0.112. The number of esters is 1. The molecule has 5 nitrogen and oxygen atoms in total. The number of hydrogen-bond donors (Lipinski definition) is 1. The molecular formula is C22H26BrNO4. The lowest BCUT2D eigenvalue weighted by Gasteiger charge is -2.10. The Morgan fingerprint density at radius 3 is 2.32 bits per heavy atom. The van der Waals surface area contributed by atoms with Crippen molar-refractivity contribution in [1.82, 2.24) is 0 Å². The molecule has 1 amide bonds. The molecule has 0 heterocycles. The molecule has 150 valence electrons. The lowest BCUT2D eigenvalue weighted by molar-refractivity contribution is 0.0526. The Labute approximate surface area is 174 Å². The van der Waals surface area contributed by atoms with Crippen LogP contribution in [0.25, 0.3) is 0 Å². The quantitative estimate of drug-likeness (QED) is 0.367. The number of hydrogen-bond acceptors (Lipinski definition) is 4. The zero-order valence-corrected chi connectivity index (χ0v) is 17.9. The summed E-state index contributed by atoms with van der Waals surface area (Å²) in [4.78, 5) is 24.1. The summed E-state index contributed by atoms with van der Waals surface area (Å²) < 4.78 is 11.5. The van der Waals surface area contributed by atoms with Gasteiger partial charge in [0.2, 0.25) is 0 Å². The maximum atomic E-state index is 12.5. The van der Waals surface area contributed by atoms with Crippen molar-refractivity contribution >= 4 is 33.5 Å². The van der Waals surface area contributed by atoms with Gasteiger partial charge in [0.25, 0.3) is 5.91 Å². The number of carbonyl (C=O) groups is 2. The van der Waals surface area contributed by atoms with Gasteiger partial charge in [0.15, 0.2) is 0 Å². The first-order chi connectivity index (χ1) is 13.5. The fourth-order valence-electron chi connectivity index (χ4n) is 2.58. The summed E-state index contributed by atoms with van der Waals surface area (Å²) in [6, 6.07) is 11.9. The second-order valence-corrected chi connectivity index (χ2v) is 7.16. The highest BCUT2D eigenvalue weighted by Gasteiger charge is 2.11. The Kier molecular flexibility index (Phi) is 9.01. The summed E-state index contributed by atoms with van der Waals surface area (Å²) in [5, 5.41) is 2.82. The summed E-state index contributed by atoms with van der Waals surface area (Å²) >= 11 is 3.47. The minimum atomic E-state index is -0.380. The Balaban J connectivity index is 1.93. The van der Waals surface area contributed by atoms with Crippen LogP contribution in [-0.4, -0.2) is 25.1 Å². The average Bonchev–Trinajstić information content (AvgIpc) is 2.69. The first-order valence-electron chi connectivity index (χ1n) is 9.56. The van der Waals surface area contributed by atoms with Gasteiger partial charge in [0.05, 0.1) is 23.2 Å². The maximum Gasteiger partial charge on any atom is 0.338 e. The number of unbranched alkanes of at least 4 members (excludes halogenated alkanes) is 3. The Morgan fingerprint density at radius 2 is 1.68 bits per heavy atom. The van der Waals surface area contributed by atoms with E-state index >= 15 is 0 Å². The number of ether oxygens (including phenoxy) is 2. The number of benzene rings is 2. The lowest BCUT2D eigenvalue weighted by Crippen LogP contribution is -2.12. The molecule has 0 saturated carbocycles. The first kappa shape index (κ1) is 22.0. The number of carbonyl (C=O) groups excluding carboxylic acids is 2. The van der Waals surface area contributed by atoms with E-state index in [0.717, 1.165) is 23.1 Å². The van der Waals surface area contributed by atoms with Crippen molar-refractivity contribution in [2.24, 2.45) is 0 Å². The predicted molar refractivity (Wildman–Crippen MR) is 114 cm³/mol. The van der Waals surface area contributed by atoms with Crippen molar-refractivity contribution in [3.8, 4) is 5.75 Å². The second kappa shape index (κ2) is 11.5. The molecule has 0 fully saturated rings. The third-order valence-corrected chi connectivity index (χ3v) is 4.72. The number of anilines is 1. The van der Waals surface area contributed by atoms with Gasteiger partial charge in [-0.3, -0.25) is 4.79 Å². The van der Waals surface area contributed by atoms with Crippen LogP contribution >= 0.6 is 15.9 Å². The highest BCUT2D eigenvalue weighted by molar-refractivity contribution is 9.10. The van der Waals surface area contributed by atoms with Gasteiger partial charge < -0.3 is 14.8 Å². The van der Waals surface area contributed by atoms with Crippen LogP contribution in [0.15, 0.2) is 46.9 Å². The Hall–Kier alpha value is -2.34. The van der Waals surface area contributed by atoms with Gasteiger partial charge in [0.1, 0.15) is 5.75 Å². The van der Waals surface area contributed by atoms with E-state index in [-0.39, 0.29) is 11.9 Å². The van der Waals surface area contributed by atoms with E-state index in [9.17, 15) is 9.59 Å². The van der Waals surface area contributed by atoms with Crippen LogP contribution < -0.4 is 10.1 Å². The molecule has 0 spiro atoms. The molecule has 0 bridgehead atoms. The number of rotatable bonds is 10. The van der Waals surface area contributed by atoms with Crippen LogP contribution in [0.3, 0.4) is 0 Å². The summed E-state index contributed by atoms with van der Waals surface area (Å²) in [6.45, 7) is 4.92. The molecular weight excluding hydrogens is 422 g/mol. The molecule has 28 heavy (non-hydrogen) atoms. The highest BCUT2D eigenvalue weighted by Crippen LogP contribution is 2.27. The van der Waals surface area contributed by atoms with Crippen LogP contribution in [0.5, 0.6) is 5.75 Å². The van der Waals surface area contributed by atoms with E-state index in [2.05, 4.69) is 28.2 Å². The fourth-order valence-corrected chi connectivity index (χ4v) is 3.07. The van der Waals surface area contributed by atoms with Crippen molar-refractivity contribution < 1.29 is 19.1 Å². The van der Waals surface area contributed by atoms with Gasteiger partial charge in [-0.1, -0.05) is 26.2 Å². The van der Waals surface area contributed by atoms with Gasteiger partial charge in [-0.15, -0.1) is 0 Å². The Morgan fingerprint density at radius 1 is 0.964 bits per heavy atom. The lowest BCUT2D eigenvalue weighted by atomic mass is 10.1. The molecule has 0 aromatic heterocycles. The van der Waals surface area contributed by atoms with Crippen LogP contribution in [0.1, 0.15) is 60.2 Å². The van der Waals surface area contributed by atoms with E-state index in [1.165, 1.54) is 12.8 Å². The van der Waals surface area contributed by atoms with Gasteiger partial charge >= 0.3 is 5.97 Å². The Bertz CT molecular complexity index is 790. The fraction of sp³-hybridized carbons (Fsp3) is 0.364. The zero-order valence-electron chi connectivity index (χ0n) is 16.3. The minimum absolute atomic E-state index is 0.237. The molecule has 0 unspecified atom stereocenters. The number of nitrogens with one attached hydrogen (secondary N) is 1. The van der Waals surface area contributed by atoms with Gasteiger partial charge in [0, 0.05) is 11.3 Å². The molecule has 1 N–H and O–H groups in total. The van der Waals surface area contributed by atoms with Crippen molar-refractivity contribution in [3.63, 3.8) is 0 Å². The van der Waals surface area contributed by atoms with E-state index in [1.54, 1.807) is 49.4 Å². The molecule has 0 aliphatic carbocycles. The monoisotopic (exact) mass is 447 g/mol. The maximum absolute atomic E-state index is 12.5. The molecule has 2 aromatic rings. The van der Waals surface area contributed by atoms with Crippen molar-refractivity contribution in [1.29, 1.82) is 0 Å². The molecule has 6 heteroatoms. The smallest absolute Gasteiger partial charge is 0.338 e. The summed E-state index contributed by atoms with van der Waals surface area (Å²) in [6.07, 6.45) is 4.58. The van der Waals surface area contributed by atoms with Crippen LogP contribution in [-0.2, 0) is 4.74 Å². The molecule has 0 aliphatic heterocycles. The van der Waals surface area contributed by atoms with Gasteiger partial charge in [-0.05, 0) is 71.7 Å². The second-order valence-electron chi connectivity index (χ2n) is 6.31. The van der Waals surface area contributed by atoms with Gasteiger partial charge in [-0.25, -0.2) is 4.79 Å². The minimum Gasteiger partial charge on any atom is -0.492 e. The van der Waals surface area contributed by atoms with Crippen molar-refractivity contribution in [3.05, 3.63) is 58.1 Å². The van der Waals surface area contributed by atoms with Crippen molar-refractivity contribution in [2.45, 2.75) is 39.5 Å². The molecule has 0 saturated heterocycles. The largest absolute Gasteiger partial charge is 0.492 e. The average molecular weight is 448 g/mol. The van der Waals surface area contributed by atoms with Crippen LogP contribution in [0, 0.1) is 0 Å². The SMILES string of the molecule is CCCCCCOc1ccc(C(=O)Nc2ccc(C(=O)OCC)cc2)cc1Br. The molecule has 2 rings (SSSR count). The highest BCUT2D eigenvalue weighted by atomic mass is 79.9. The van der Waals surface area contributed by atoms with Crippen molar-refractivity contribution in [2.75, 3.05) is 18.5 Å². The van der Waals surface area contributed by atoms with E-state index < -0.39 is 0 Å². The molecule has 0 radical (unpaired) electrons. The molecule has 0 atom stereocenters. The number of halogens is 1. The predicted octanol–water partition coefficient (Wildman–Crippen LogP) is 5.84. The molecule has 0 aliphatic rings. The topological polar surface area (TPSA) is 64.6 Å². The van der Waals surface area contributed by atoms with Gasteiger partial charge in [-0.2, -0.15) is 0 Å². The first-order valence-corrected chi connectivity index (χ1v) is 10.3. The van der Waals surface area contributed by atoms with E-state index in [1.807, 2.05) is 0 Å². The van der Waals surface area contributed by atoms with Crippen LogP contribution in [0.2, 0.25) is 0 Å².